The maximum Gasteiger partial charge on any atom is 0.118 e. The molecule has 0 spiro atoms. The van der Waals surface area contributed by atoms with E-state index in [1.807, 2.05) is 19.1 Å². The summed E-state index contributed by atoms with van der Waals surface area (Å²) in [6, 6.07) is 6.01. The van der Waals surface area contributed by atoms with E-state index in [2.05, 4.69) is 26.8 Å². The maximum absolute atomic E-state index is 9.61. The van der Waals surface area contributed by atoms with E-state index in [0.717, 1.165) is 17.9 Å². The molecule has 2 atom stereocenters. The summed E-state index contributed by atoms with van der Waals surface area (Å²) < 4.78 is 0. The Labute approximate surface area is 93.1 Å². The zero-order valence-corrected chi connectivity index (χ0v) is 10.2. The standard InChI is InChI=1S/C14H22O/c1-5-10(2)12(4)8-13-7-6-11(3)14(15)9-13/h6-7,9-10,12,15H,5,8H2,1-4H3. The van der Waals surface area contributed by atoms with E-state index in [9.17, 15) is 5.11 Å². The predicted molar refractivity (Wildman–Crippen MR) is 65.2 cm³/mol. The SMILES string of the molecule is CCC(C)C(C)Cc1ccc(C)c(O)c1. The van der Waals surface area contributed by atoms with Crippen LogP contribution < -0.4 is 0 Å². The van der Waals surface area contributed by atoms with Crippen LogP contribution in [0.1, 0.15) is 38.3 Å². The molecule has 0 saturated carbocycles. The quantitative estimate of drug-likeness (QED) is 0.791. The number of rotatable bonds is 4. The Kier molecular flexibility index (Phi) is 4.19. The molecular formula is C14H22O. The van der Waals surface area contributed by atoms with Gasteiger partial charge in [0.1, 0.15) is 5.75 Å². The summed E-state index contributed by atoms with van der Waals surface area (Å²) in [5.74, 6) is 1.84. The van der Waals surface area contributed by atoms with Crippen LogP contribution >= 0.6 is 0 Å². The number of phenolic OH excluding ortho intramolecular Hbond substituents is 1. The molecule has 0 aliphatic rings. The Morgan fingerprint density at radius 3 is 2.40 bits per heavy atom. The lowest BCUT2D eigenvalue weighted by Gasteiger charge is -2.18. The normalized spacial score (nSPS) is 14.9. The molecule has 0 fully saturated rings. The van der Waals surface area contributed by atoms with Crippen LogP contribution in [0.25, 0.3) is 0 Å². The molecule has 0 aliphatic carbocycles. The first-order valence-corrected chi connectivity index (χ1v) is 5.83. The van der Waals surface area contributed by atoms with Crippen LogP contribution in [0, 0.1) is 18.8 Å². The van der Waals surface area contributed by atoms with E-state index >= 15 is 0 Å². The van der Waals surface area contributed by atoms with E-state index in [4.69, 9.17) is 0 Å². The van der Waals surface area contributed by atoms with E-state index in [1.165, 1.54) is 12.0 Å². The van der Waals surface area contributed by atoms with Crippen LogP contribution in [-0.2, 0) is 6.42 Å². The Bertz CT molecular complexity index is 317. The summed E-state index contributed by atoms with van der Waals surface area (Å²) in [4.78, 5) is 0. The van der Waals surface area contributed by atoms with Crippen molar-refractivity contribution >= 4 is 0 Å². The van der Waals surface area contributed by atoms with E-state index in [0.29, 0.717) is 11.7 Å². The van der Waals surface area contributed by atoms with Crippen LogP contribution in [0.3, 0.4) is 0 Å². The molecule has 84 valence electrons. The average Bonchev–Trinajstić information content (AvgIpc) is 2.22. The van der Waals surface area contributed by atoms with Crippen LogP contribution in [0.4, 0.5) is 0 Å². The van der Waals surface area contributed by atoms with Gasteiger partial charge >= 0.3 is 0 Å². The van der Waals surface area contributed by atoms with Gasteiger partial charge in [-0.1, -0.05) is 39.3 Å². The zero-order valence-electron chi connectivity index (χ0n) is 10.2. The molecule has 1 aromatic carbocycles. The third-order valence-corrected chi connectivity index (χ3v) is 3.45. The second-order valence-electron chi connectivity index (χ2n) is 4.69. The van der Waals surface area contributed by atoms with Gasteiger partial charge in [0.15, 0.2) is 0 Å². The van der Waals surface area contributed by atoms with Gasteiger partial charge in [-0.15, -0.1) is 0 Å². The largest absolute Gasteiger partial charge is 0.508 e. The van der Waals surface area contributed by atoms with Gasteiger partial charge in [0.25, 0.3) is 0 Å². The van der Waals surface area contributed by atoms with Crippen molar-refractivity contribution in [3.05, 3.63) is 29.3 Å². The third-order valence-electron chi connectivity index (χ3n) is 3.45. The molecule has 1 N–H and O–H groups in total. The van der Waals surface area contributed by atoms with Crippen molar-refractivity contribution in [3.8, 4) is 5.75 Å². The van der Waals surface area contributed by atoms with E-state index in [1.54, 1.807) is 0 Å². The van der Waals surface area contributed by atoms with E-state index in [-0.39, 0.29) is 0 Å². The smallest absolute Gasteiger partial charge is 0.118 e. The van der Waals surface area contributed by atoms with Gasteiger partial charge in [0.2, 0.25) is 0 Å². The highest BCUT2D eigenvalue weighted by atomic mass is 16.3. The summed E-state index contributed by atoms with van der Waals surface area (Å²) in [5, 5.41) is 9.61. The zero-order chi connectivity index (χ0) is 11.4. The lowest BCUT2D eigenvalue weighted by atomic mass is 9.88. The summed E-state index contributed by atoms with van der Waals surface area (Å²) >= 11 is 0. The van der Waals surface area contributed by atoms with Crippen molar-refractivity contribution in [1.29, 1.82) is 0 Å². The molecule has 1 rings (SSSR count). The van der Waals surface area contributed by atoms with Gasteiger partial charge in [-0.2, -0.15) is 0 Å². The summed E-state index contributed by atoms with van der Waals surface area (Å²) in [7, 11) is 0. The van der Waals surface area contributed by atoms with Gasteiger partial charge in [0, 0.05) is 0 Å². The predicted octanol–water partition coefficient (Wildman–Crippen LogP) is 3.93. The van der Waals surface area contributed by atoms with Gasteiger partial charge < -0.3 is 5.11 Å². The second kappa shape index (κ2) is 5.20. The topological polar surface area (TPSA) is 20.2 Å². The van der Waals surface area contributed by atoms with Gasteiger partial charge in [-0.25, -0.2) is 0 Å². The molecule has 0 heterocycles. The fourth-order valence-corrected chi connectivity index (χ4v) is 1.76. The van der Waals surface area contributed by atoms with Gasteiger partial charge in [-0.3, -0.25) is 0 Å². The first-order chi connectivity index (χ1) is 7.04. The van der Waals surface area contributed by atoms with Gasteiger partial charge in [0.05, 0.1) is 0 Å². The molecule has 1 aromatic rings. The van der Waals surface area contributed by atoms with Crippen LogP contribution in [-0.4, -0.2) is 5.11 Å². The molecule has 1 heteroatoms. The van der Waals surface area contributed by atoms with Crippen molar-refractivity contribution < 1.29 is 5.11 Å². The third kappa shape index (κ3) is 3.26. The molecule has 0 aliphatic heterocycles. The number of aromatic hydroxyl groups is 1. The number of hydrogen-bond acceptors (Lipinski definition) is 1. The van der Waals surface area contributed by atoms with Crippen LogP contribution in [0.5, 0.6) is 5.75 Å². The van der Waals surface area contributed by atoms with Crippen molar-refractivity contribution in [2.24, 2.45) is 11.8 Å². The number of phenols is 1. The number of hydrogen-bond donors (Lipinski definition) is 1. The number of aryl methyl sites for hydroxylation is 1. The second-order valence-corrected chi connectivity index (χ2v) is 4.69. The first-order valence-electron chi connectivity index (χ1n) is 5.83. The fourth-order valence-electron chi connectivity index (χ4n) is 1.76. The Balaban J connectivity index is 2.68. The molecule has 0 amide bonds. The maximum atomic E-state index is 9.61. The number of benzene rings is 1. The minimum Gasteiger partial charge on any atom is -0.508 e. The molecular weight excluding hydrogens is 184 g/mol. The average molecular weight is 206 g/mol. The minimum atomic E-state index is 0.420. The highest BCUT2D eigenvalue weighted by molar-refractivity contribution is 5.35. The van der Waals surface area contributed by atoms with Crippen LogP contribution in [0.15, 0.2) is 18.2 Å². The Hall–Kier alpha value is -0.980. The van der Waals surface area contributed by atoms with Gasteiger partial charge in [-0.05, 0) is 42.4 Å². The highest BCUT2D eigenvalue weighted by Crippen LogP contribution is 2.23. The van der Waals surface area contributed by atoms with Crippen molar-refractivity contribution in [3.63, 3.8) is 0 Å². The Morgan fingerprint density at radius 2 is 1.87 bits per heavy atom. The molecule has 2 unspecified atom stereocenters. The summed E-state index contributed by atoms with van der Waals surface area (Å²) in [5.41, 5.74) is 2.20. The Morgan fingerprint density at radius 1 is 1.20 bits per heavy atom. The van der Waals surface area contributed by atoms with Crippen LogP contribution in [0.2, 0.25) is 0 Å². The molecule has 0 saturated heterocycles. The molecule has 0 aromatic heterocycles. The van der Waals surface area contributed by atoms with E-state index < -0.39 is 0 Å². The lowest BCUT2D eigenvalue weighted by Crippen LogP contribution is -2.09. The minimum absolute atomic E-state index is 0.420. The summed E-state index contributed by atoms with van der Waals surface area (Å²) in [6.07, 6.45) is 2.28. The fraction of sp³-hybridized carbons (Fsp3) is 0.571. The first kappa shape index (κ1) is 12.1. The summed E-state index contributed by atoms with van der Waals surface area (Å²) in [6.45, 7) is 8.73. The molecule has 15 heavy (non-hydrogen) atoms. The van der Waals surface area contributed by atoms with Crippen molar-refractivity contribution in [1.82, 2.24) is 0 Å². The highest BCUT2D eigenvalue weighted by Gasteiger charge is 2.11. The lowest BCUT2D eigenvalue weighted by molar-refractivity contribution is 0.374. The molecule has 0 radical (unpaired) electrons. The van der Waals surface area contributed by atoms with Crippen molar-refractivity contribution in [2.45, 2.75) is 40.5 Å². The van der Waals surface area contributed by atoms with Crippen molar-refractivity contribution in [2.75, 3.05) is 0 Å². The molecule has 0 bridgehead atoms. The molecule has 1 nitrogen and oxygen atoms in total. The monoisotopic (exact) mass is 206 g/mol.